The van der Waals surface area contributed by atoms with E-state index in [1.165, 1.54) is 18.3 Å². The fraction of sp³-hybridized carbons (Fsp3) is 0.792. The average Bonchev–Trinajstić information content (AvgIpc) is 3.14. The van der Waals surface area contributed by atoms with Gasteiger partial charge in [0.25, 0.3) is 0 Å². The van der Waals surface area contributed by atoms with Gasteiger partial charge in [-0.1, -0.05) is 20.8 Å². The summed E-state index contributed by atoms with van der Waals surface area (Å²) in [6.07, 6.45) is 3.98. The quantitative estimate of drug-likeness (QED) is 0.636. The van der Waals surface area contributed by atoms with Gasteiger partial charge in [-0.15, -0.1) is 11.3 Å². The standard InChI is InChI=1S/C24H37N3O4S/c1-14-6-9-27(10-7-14)20(31)11-16-21-17(32-22(26-21)25-15(2)29)12-18-23(16,3)8-5-19(30)24(18,4)13-28/h14,16,18-19,28,30H,5-13H2,1-4H3,(H,25,26,29). The molecule has 8 heteroatoms. The molecule has 0 aromatic carbocycles. The molecule has 1 saturated heterocycles. The number of amides is 2. The maximum absolute atomic E-state index is 13.4. The van der Waals surface area contributed by atoms with Crippen molar-refractivity contribution < 1.29 is 19.8 Å². The second-order valence-corrected chi connectivity index (χ2v) is 11.9. The number of aliphatic hydroxyl groups excluding tert-OH is 2. The highest BCUT2D eigenvalue weighted by Gasteiger charge is 2.59. The van der Waals surface area contributed by atoms with E-state index in [-0.39, 0.29) is 35.7 Å². The van der Waals surface area contributed by atoms with Crippen LogP contribution in [-0.4, -0.2) is 57.7 Å². The summed E-state index contributed by atoms with van der Waals surface area (Å²) in [5.74, 6) is 0.596. The Bertz CT molecular complexity index is 881. The molecule has 3 aliphatic rings. The molecule has 2 aliphatic carbocycles. The molecule has 5 atom stereocenters. The van der Waals surface area contributed by atoms with Crippen molar-refractivity contribution in [2.45, 2.75) is 78.2 Å². The van der Waals surface area contributed by atoms with Gasteiger partial charge >= 0.3 is 0 Å². The number of hydrogen-bond acceptors (Lipinski definition) is 6. The van der Waals surface area contributed by atoms with E-state index < -0.39 is 11.5 Å². The smallest absolute Gasteiger partial charge is 0.223 e. The Hall–Kier alpha value is -1.51. The van der Waals surface area contributed by atoms with Crippen molar-refractivity contribution in [2.24, 2.45) is 22.7 Å². The highest BCUT2D eigenvalue weighted by atomic mass is 32.1. The molecule has 0 radical (unpaired) electrons. The fourth-order valence-corrected chi connectivity index (χ4v) is 7.53. The lowest BCUT2D eigenvalue weighted by Crippen LogP contribution is -2.57. The van der Waals surface area contributed by atoms with Crippen LogP contribution in [0.4, 0.5) is 5.13 Å². The Kier molecular flexibility index (Phi) is 6.42. The van der Waals surface area contributed by atoms with Gasteiger partial charge in [0.15, 0.2) is 5.13 Å². The van der Waals surface area contributed by atoms with Crippen molar-refractivity contribution in [1.82, 2.24) is 9.88 Å². The molecule has 7 nitrogen and oxygen atoms in total. The van der Waals surface area contributed by atoms with E-state index in [4.69, 9.17) is 4.98 Å². The third-order valence-electron chi connectivity index (χ3n) is 8.69. The second-order valence-electron chi connectivity index (χ2n) is 10.8. The lowest BCUT2D eigenvalue weighted by molar-refractivity contribution is -0.147. The number of aromatic nitrogens is 1. The van der Waals surface area contributed by atoms with Gasteiger partial charge in [0.05, 0.1) is 18.4 Å². The van der Waals surface area contributed by atoms with E-state index in [0.29, 0.717) is 30.3 Å². The molecule has 0 bridgehead atoms. The first kappa shape index (κ1) is 23.6. The summed E-state index contributed by atoms with van der Waals surface area (Å²) < 4.78 is 0. The number of aliphatic hydroxyl groups is 2. The van der Waals surface area contributed by atoms with Crippen molar-refractivity contribution in [2.75, 3.05) is 25.0 Å². The van der Waals surface area contributed by atoms with Gasteiger partial charge < -0.3 is 20.4 Å². The lowest BCUT2D eigenvalue weighted by Gasteiger charge is -2.58. The van der Waals surface area contributed by atoms with Crippen LogP contribution in [0.5, 0.6) is 0 Å². The second kappa shape index (κ2) is 8.69. The largest absolute Gasteiger partial charge is 0.396 e. The molecular weight excluding hydrogens is 426 g/mol. The summed E-state index contributed by atoms with van der Waals surface area (Å²) >= 11 is 1.47. The monoisotopic (exact) mass is 463 g/mol. The summed E-state index contributed by atoms with van der Waals surface area (Å²) in [4.78, 5) is 32.9. The number of rotatable bonds is 4. The van der Waals surface area contributed by atoms with Crippen LogP contribution < -0.4 is 5.32 Å². The zero-order valence-corrected chi connectivity index (χ0v) is 20.5. The molecule has 2 fully saturated rings. The first-order valence-electron chi connectivity index (χ1n) is 11.9. The third-order valence-corrected chi connectivity index (χ3v) is 9.70. The molecule has 4 rings (SSSR count). The molecule has 1 saturated carbocycles. The zero-order valence-electron chi connectivity index (χ0n) is 19.7. The summed E-state index contributed by atoms with van der Waals surface area (Å²) in [6.45, 7) is 9.43. The van der Waals surface area contributed by atoms with Crippen molar-refractivity contribution in [3.8, 4) is 0 Å². The summed E-state index contributed by atoms with van der Waals surface area (Å²) in [6, 6.07) is 0. The maximum atomic E-state index is 13.4. The molecule has 5 unspecified atom stereocenters. The minimum Gasteiger partial charge on any atom is -0.396 e. The van der Waals surface area contributed by atoms with Gasteiger partial charge in [0.1, 0.15) is 0 Å². The Morgan fingerprint density at radius 1 is 1.25 bits per heavy atom. The van der Waals surface area contributed by atoms with Crippen LogP contribution in [0.25, 0.3) is 0 Å². The van der Waals surface area contributed by atoms with Crippen molar-refractivity contribution in [3.63, 3.8) is 0 Å². The first-order chi connectivity index (χ1) is 15.1. The Morgan fingerprint density at radius 2 is 1.94 bits per heavy atom. The molecule has 2 heterocycles. The fourth-order valence-electron chi connectivity index (χ4n) is 6.41. The molecule has 1 aliphatic heterocycles. The van der Waals surface area contributed by atoms with Crippen LogP contribution in [0.15, 0.2) is 0 Å². The van der Waals surface area contributed by atoms with Crippen molar-refractivity contribution in [3.05, 3.63) is 10.6 Å². The zero-order chi connectivity index (χ0) is 23.3. The minimum absolute atomic E-state index is 0.0288. The minimum atomic E-state index is -0.634. The Morgan fingerprint density at radius 3 is 2.56 bits per heavy atom. The molecule has 3 N–H and O–H groups in total. The number of likely N-dealkylation sites (tertiary alicyclic amines) is 1. The van der Waals surface area contributed by atoms with Crippen LogP contribution in [0.1, 0.15) is 76.3 Å². The van der Waals surface area contributed by atoms with Gasteiger partial charge in [-0.2, -0.15) is 0 Å². The average molecular weight is 464 g/mol. The topological polar surface area (TPSA) is 103 Å². The summed E-state index contributed by atoms with van der Waals surface area (Å²) in [5, 5.41) is 24.6. The molecule has 178 valence electrons. The van der Waals surface area contributed by atoms with Crippen molar-refractivity contribution >= 4 is 28.3 Å². The molecular formula is C24H37N3O4S. The molecule has 2 amide bonds. The highest BCUT2D eigenvalue weighted by molar-refractivity contribution is 7.15. The van der Waals surface area contributed by atoms with E-state index in [1.807, 2.05) is 11.8 Å². The number of nitrogens with zero attached hydrogens (tertiary/aromatic N) is 2. The van der Waals surface area contributed by atoms with Crippen LogP contribution in [-0.2, 0) is 16.0 Å². The number of anilines is 1. The number of thiazole rings is 1. The first-order valence-corrected chi connectivity index (χ1v) is 12.7. The van der Waals surface area contributed by atoms with Crippen LogP contribution >= 0.6 is 11.3 Å². The van der Waals surface area contributed by atoms with E-state index in [1.54, 1.807) is 0 Å². The Balaban J connectivity index is 1.71. The van der Waals surface area contributed by atoms with Crippen LogP contribution in [0, 0.1) is 22.7 Å². The van der Waals surface area contributed by atoms with E-state index in [2.05, 4.69) is 19.2 Å². The summed E-state index contributed by atoms with van der Waals surface area (Å²) in [7, 11) is 0. The molecule has 1 aromatic rings. The van der Waals surface area contributed by atoms with Gasteiger partial charge in [-0.25, -0.2) is 4.98 Å². The predicted molar refractivity (Wildman–Crippen MR) is 124 cm³/mol. The molecule has 1 aromatic heterocycles. The number of fused-ring (bicyclic) bond motifs is 2. The van der Waals surface area contributed by atoms with E-state index in [9.17, 15) is 19.8 Å². The SMILES string of the molecule is CC(=O)Nc1nc2c(s1)CC1C(C)(CO)C(O)CCC1(C)C2CC(=O)N1CCC(C)CC1. The Labute approximate surface area is 194 Å². The van der Waals surface area contributed by atoms with Crippen LogP contribution in [0.3, 0.4) is 0 Å². The lowest BCUT2D eigenvalue weighted by atomic mass is 9.47. The maximum Gasteiger partial charge on any atom is 0.223 e. The number of carbonyl (C=O) groups excluding carboxylic acids is 2. The third kappa shape index (κ3) is 3.99. The van der Waals surface area contributed by atoms with Gasteiger partial charge in [0, 0.05) is 42.6 Å². The highest BCUT2D eigenvalue weighted by Crippen LogP contribution is 2.62. The van der Waals surface area contributed by atoms with Crippen molar-refractivity contribution in [1.29, 1.82) is 0 Å². The predicted octanol–water partition coefficient (Wildman–Crippen LogP) is 3.17. The number of piperidine rings is 1. The summed E-state index contributed by atoms with van der Waals surface area (Å²) in [5.41, 5.74) is 0.0299. The number of nitrogens with one attached hydrogen (secondary N) is 1. The van der Waals surface area contributed by atoms with Gasteiger partial charge in [-0.3, -0.25) is 9.59 Å². The van der Waals surface area contributed by atoms with E-state index in [0.717, 1.165) is 42.9 Å². The van der Waals surface area contributed by atoms with Gasteiger partial charge in [0.2, 0.25) is 11.8 Å². The number of hydrogen-bond donors (Lipinski definition) is 3. The van der Waals surface area contributed by atoms with Gasteiger partial charge in [-0.05, 0) is 49.4 Å². The molecule has 32 heavy (non-hydrogen) atoms. The molecule has 0 spiro atoms. The van der Waals surface area contributed by atoms with Crippen LogP contribution in [0.2, 0.25) is 0 Å². The normalized spacial score (nSPS) is 35.2. The van der Waals surface area contributed by atoms with E-state index >= 15 is 0 Å². The number of carbonyl (C=O) groups is 2.